The molecule has 1 N–H and O–H groups in total. The summed E-state index contributed by atoms with van der Waals surface area (Å²) in [6.07, 6.45) is 2.26. The van der Waals surface area contributed by atoms with E-state index in [-0.39, 0.29) is 30.1 Å². The van der Waals surface area contributed by atoms with Gasteiger partial charge in [0.05, 0.1) is 12.3 Å². The molecule has 1 aromatic heterocycles. The predicted octanol–water partition coefficient (Wildman–Crippen LogP) is 3.38. The normalized spacial score (nSPS) is 20.8. The van der Waals surface area contributed by atoms with Crippen LogP contribution in [0.3, 0.4) is 0 Å². The van der Waals surface area contributed by atoms with Crippen LogP contribution in [0.4, 0.5) is 0 Å². The molecule has 0 spiro atoms. The summed E-state index contributed by atoms with van der Waals surface area (Å²) in [6.45, 7) is 9.15. The second kappa shape index (κ2) is 12.0. The third-order valence-corrected chi connectivity index (χ3v) is 8.08. The van der Waals surface area contributed by atoms with Crippen LogP contribution in [0.2, 0.25) is 0 Å². The maximum Gasteiger partial charge on any atom is 0.247 e. The van der Waals surface area contributed by atoms with Crippen LogP contribution >= 0.6 is 0 Å². The molecule has 2 aromatic rings. The van der Waals surface area contributed by atoms with Crippen LogP contribution in [0, 0.1) is 23.7 Å². The van der Waals surface area contributed by atoms with Gasteiger partial charge in [-0.2, -0.15) is 4.31 Å². The van der Waals surface area contributed by atoms with Gasteiger partial charge in [0.1, 0.15) is 16.7 Å². The Morgan fingerprint density at radius 3 is 2.69 bits per heavy atom. The zero-order chi connectivity index (χ0) is 25.6. The van der Waals surface area contributed by atoms with Crippen LogP contribution in [0.1, 0.15) is 45.4 Å². The Balaban J connectivity index is 1.97. The van der Waals surface area contributed by atoms with Crippen LogP contribution < -0.4 is 4.74 Å². The highest BCUT2D eigenvalue weighted by atomic mass is 32.2. The Morgan fingerprint density at radius 1 is 1.26 bits per heavy atom. The lowest BCUT2D eigenvalue weighted by Crippen LogP contribution is -2.49. The van der Waals surface area contributed by atoms with E-state index in [0.29, 0.717) is 24.8 Å². The van der Waals surface area contributed by atoms with Crippen LogP contribution in [0.15, 0.2) is 47.5 Å². The summed E-state index contributed by atoms with van der Waals surface area (Å²) in [4.78, 5) is 6.64. The van der Waals surface area contributed by atoms with Gasteiger partial charge < -0.3 is 9.84 Å². The van der Waals surface area contributed by atoms with Crippen molar-refractivity contribution in [3.8, 4) is 17.6 Å². The second-order valence-corrected chi connectivity index (χ2v) is 11.7. The molecule has 0 radical (unpaired) electrons. The molecular formula is C27H37N3O4S. The van der Waals surface area contributed by atoms with Gasteiger partial charge in [0.15, 0.2) is 0 Å². The van der Waals surface area contributed by atoms with Crippen molar-refractivity contribution in [1.82, 2.24) is 14.2 Å². The average Bonchev–Trinajstić information content (AvgIpc) is 2.81. The van der Waals surface area contributed by atoms with Crippen molar-refractivity contribution >= 4 is 10.0 Å². The molecule has 0 aliphatic carbocycles. The molecule has 0 bridgehead atoms. The number of benzene rings is 1. The van der Waals surface area contributed by atoms with Crippen molar-refractivity contribution in [2.24, 2.45) is 11.8 Å². The summed E-state index contributed by atoms with van der Waals surface area (Å²) in [5.74, 6) is 6.94. The first-order valence-corrected chi connectivity index (χ1v) is 13.6. The van der Waals surface area contributed by atoms with Gasteiger partial charge in [-0.3, -0.25) is 9.88 Å². The second-order valence-electron chi connectivity index (χ2n) is 9.82. The molecule has 35 heavy (non-hydrogen) atoms. The maximum atomic E-state index is 13.6. The van der Waals surface area contributed by atoms with E-state index in [1.54, 1.807) is 31.3 Å². The highest BCUT2D eigenvalue weighted by Crippen LogP contribution is 2.34. The van der Waals surface area contributed by atoms with Crippen molar-refractivity contribution in [2.45, 2.75) is 57.7 Å². The summed E-state index contributed by atoms with van der Waals surface area (Å²) in [5, 5.41) is 9.81. The number of aromatic nitrogens is 1. The van der Waals surface area contributed by atoms with Crippen molar-refractivity contribution < 1.29 is 18.3 Å². The minimum Gasteiger partial charge on any atom is -0.487 e. The quantitative estimate of drug-likeness (QED) is 0.588. The first-order valence-electron chi connectivity index (χ1n) is 12.1. The fraction of sp³-hybridized carbons (Fsp3) is 0.519. The predicted molar refractivity (Wildman–Crippen MR) is 137 cm³/mol. The van der Waals surface area contributed by atoms with Gasteiger partial charge in [0, 0.05) is 49.8 Å². The smallest absolute Gasteiger partial charge is 0.247 e. The van der Waals surface area contributed by atoms with Crippen LogP contribution in [-0.2, 0) is 16.6 Å². The zero-order valence-corrected chi connectivity index (χ0v) is 22.1. The number of ether oxygens (including phenoxy) is 1. The third-order valence-electron chi connectivity index (χ3n) is 6.06. The number of hydrogen-bond donors (Lipinski definition) is 1. The molecule has 2 heterocycles. The van der Waals surface area contributed by atoms with E-state index in [1.807, 2.05) is 32.2 Å². The SMILES string of the molecule is CC(C)CC#Cc1ccc2c(c1)O[C@@H](CN(C)Cc1ccccn1)[C@H](C)CN([C@@H](C)CO)S2(=O)=O. The number of aliphatic hydroxyl groups excluding tert-OH is 1. The zero-order valence-electron chi connectivity index (χ0n) is 21.3. The van der Waals surface area contributed by atoms with E-state index in [9.17, 15) is 13.5 Å². The average molecular weight is 500 g/mol. The third kappa shape index (κ3) is 7.05. The monoisotopic (exact) mass is 499 g/mol. The van der Waals surface area contributed by atoms with E-state index in [0.717, 1.165) is 17.7 Å². The fourth-order valence-corrected chi connectivity index (χ4v) is 5.84. The largest absolute Gasteiger partial charge is 0.487 e. The van der Waals surface area contributed by atoms with Gasteiger partial charge >= 0.3 is 0 Å². The molecule has 8 heteroatoms. The molecule has 3 rings (SSSR count). The number of nitrogens with zero attached hydrogens (tertiary/aromatic N) is 3. The maximum absolute atomic E-state index is 13.6. The van der Waals surface area contributed by atoms with Crippen LogP contribution in [0.25, 0.3) is 0 Å². The molecule has 7 nitrogen and oxygen atoms in total. The lowest BCUT2D eigenvalue weighted by Gasteiger charge is -2.37. The Morgan fingerprint density at radius 2 is 2.03 bits per heavy atom. The first kappa shape index (κ1) is 27.2. The van der Waals surface area contributed by atoms with Crippen LogP contribution in [-0.4, -0.2) is 66.6 Å². The summed E-state index contributed by atoms with van der Waals surface area (Å²) < 4.78 is 35.0. The molecule has 3 atom stereocenters. The van der Waals surface area contributed by atoms with E-state index in [4.69, 9.17) is 4.74 Å². The van der Waals surface area contributed by atoms with E-state index in [2.05, 4.69) is 35.6 Å². The topological polar surface area (TPSA) is 83.0 Å². The Labute approximate surface area is 210 Å². The molecule has 190 valence electrons. The Kier molecular flexibility index (Phi) is 9.31. The molecule has 0 saturated carbocycles. The lowest BCUT2D eigenvalue weighted by atomic mass is 10.0. The highest BCUT2D eigenvalue weighted by molar-refractivity contribution is 7.89. The molecule has 0 unspecified atom stereocenters. The van der Waals surface area contributed by atoms with Gasteiger partial charge in [0.25, 0.3) is 0 Å². The van der Waals surface area contributed by atoms with E-state index < -0.39 is 16.1 Å². The van der Waals surface area contributed by atoms with Crippen LogP contribution in [0.5, 0.6) is 5.75 Å². The fourth-order valence-electron chi connectivity index (χ4n) is 4.02. The summed E-state index contributed by atoms with van der Waals surface area (Å²) in [7, 11) is -1.86. The summed E-state index contributed by atoms with van der Waals surface area (Å²) in [6, 6.07) is 10.3. The number of rotatable bonds is 7. The van der Waals surface area contributed by atoms with Crippen molar-refractivity contribution in [3.63, 3.8) is 0 Å². The first-order chi connectivity index (χ1) is 16.6. The van der Waals surface area contributed by atoms with Gasteiger partial charge in [-0.25, -0.2) is 8.42 Å². The van der Waals surface area contributed by atoms with Gasteiger partial charge in [0.2, 0.25) is 10.0 Å². The van der Waals surface area contributed by atoms with E-state index in [1.165, 1.54) is 4.31 Å². The van der Waals surface area contributed by atoms with E-state index >= 15 is 0 Å². The number of fused-ring (bicyclic) bond motifs is 1. The Hall–Kier alpha value is -2.44. The summed E-state index contributed by atoms with van der Waals surface area (Å²) >= 11 is 0. The number of hydrogen-bond acceptors (Lipinski definition) is 6. The lowest BCUT2D eigenvalue weighted by molar-refractivity contribution is 0.0730. The Bertz CT molecular complexity index is 1140. The van der Waals surface area contributed by atoms with Crippen molar-refractivity contribution in [1.29, 1.82) is 0 Å². The number of sulfonamides is 1. The van der Waals surface area contributed by atoms with Gasteiger partial charge in [-0.1, -0.05) is 38.7 Å². The molecule has 1 aliphatic heterocycles. The number of pyridine rings is 1. The molecular weight excluding hydrogens is 462 g/mol. The van der Waals surface area contributed by atoms with Crippen molar-refractivity contribution in [3.05, 3.63) is 53.9 Å². The molecule has 1 aliphatic rings. The van der Waals surface area contributed by atoms with Gasteiger partial charge in [-0.05, 0) is 50.2 Å². The minimum absolute atomic E-state index is 0.108. The highest BCUT2D eigenvalue weighted by Gasteiger charge is 2.38. The minimum atomic E-state index is -3.86. The molecule has 1 aromatic carbocycles. The summed E-state index contributed by atoms with van der Waals surface area (Å²) in [5.41, 5.74) is 1.67. The van der Waals surface area contributed by atoms with Crippen molar-refractivity contribution in [2.75, 3.05) is 26.7 Å². The molecule has 0 saturated heterocycles. The standard InChI is InChI=1S/C27H37N3O4S/c1-20(2)9-8-10-23-12-13-27-25(15-23)34-26(18-29(5)17-24-11-6-7-14-28-24)21(3)16-30(22(4)19-31)35(27,32)33/h6-7,11-15,20-22,26,31H,9,16-19H2,1-5H3/t21-,22+,26+/m1/s1. The number of likely N-dealkylation sites (N-methyl/N-ethyl adjacent to an activating group) is 1. The van der Waals surface area contributed by atoms with Gasteiger partial charge in [-0.15, -0.1) is 0 Å². The number of aliphatic hydroxyl groups is 1. The molecule has 0 fully saturated rings. The molecule has 0 amide bonds.